The van der Waals surface area contributed by atoms with E-state index >= 15 is 0 Å². The van der Waals surface area contributed by atoms with Gasteiger partial charge in [0.15, 0.2) is 0 Å². The van der Waals surface area contributed by atoms with Gasteiger partial charge in [0.1, 0.15) is 5.75 Å². The summed E-state index contributed by atoms with van der Waals surface area (Å²) in [5.41, 5.74) is 0.581. The molecule has 2 atom stereocenters. The van der Waals surface area contributed by atoms with Crippen LogP contribution in [0.15, 0.2) is 42.9 Å². The van der Waals surface area contributed by atoms with Crippen molar-refractivity contribution in [1.29, 1.82) is 0 Å². The lowest BCUT2D eigenvalue weighted by molar-refractivity contribution is 0.0914. The summed E-state index contributed by atoms with van der Waals surface area (Å²) in [6.45, 7) is 4.01. The molecule has 0 radical (unpaired) electrons. The van der Waals surface area contributed by atoms with Crippen LogP contribution in [0.3, 0.4) is 0 Å². The van der Waals surface area contributed by atoms with Crippen LogP contribution >= 0.6 is 24.8 Å². The van der Waals surface area contributed by atoms with Crippen molar-refractivity contribution < 1.29 is 9.53 Å². The monoisotopic (exact) mass is 384 g/mol. The number of benzene rings is 1. The molecular formula is C17H22Cl2N4O2. The van der Waals surface area contributed by atoms with Crippen molar-refractivity contribution >= 4 is 30.7 Å². The third-order valence-electron chi connectivity index (χ3n) is 3.96. The maximum absolute atomic E-state index is 12.4. The topological polar surface area (TPSA) is 76.1 Å². The van der Waals surface area contributed by atoms with E-state index in [0.29, 0.717) is 23.1 Å². The Labute approximate surface area is 159 Å². The van der Waals surface area contributed by atoms with Crippen molar-refractivity contribution in [2.24, 2.45) is 5.92 Å². The molecule has 2 aromatic rings. The molecule has 1 aliphatic rings. The van der Waals surface area contributed by atoms with Crippen LogP contribution in [0.25, 0.3) is 0 Å². The van der Waals surface area contributed by atoms with Crippen molar-refractivity contribution in [2.45, 2.75) is 19.4 Å². The summed E-state index contributed by atoms with van der Waals surface area (Å²) in [6, 6.07) is 7.29. The van der Waals surface area contributed by atoms with E-state index in [1.54, 1.807) is 36.7 Å². The number of nitrogens with zero attached hydrogens (tertiary/aromatic N) is 2. The zero-order chi connectivity index (χ0) is 16.1. The fourth-order valence-electron chi connectivity index (χ4n) is 2.64. The number of ether oxygens (including phenoxy) is 1. The predicted octanol–water partition coefficient (Wildman–Crippen LogP) is 2.84. The van der Waals surface area contributed by atoms with Crippen LogP contribution in [0.4, 0.5) is 0 Å². The molecule has 0 saturated carbocycles. The summed E-state index contributed by atoms with van der Waals surface area (Å²) in [4.78, 5) is 20.5. The second kappa shape index (κ2) is 10.2. The van der Waals surface area contributed by atoms with Crippen LogP contribution in [0.5, 0.6) is 11.6 Å². The predicted molar refractivity (Wildman–Crippen MR) is 101 cm³/mol. The average Bonchev–Trinajstić information content (AvgIpc) is 2.58. The Balaban J connectivity index is 0.00000156. The van der Waals surface area contributed by atoms with Gasteiger partial charge in [-0.3, -0.25) is 9.78 Å². The van der Waals surface area contributed by atoms with Crippen LogP contribution in [-0.2, 0) is 0 Å². The Bertz CT molecular complexity index is 673. The molecule has 1 aliphatic heterocycles. The van der Waals surface area contributed by atoms with Gasteiger partial charge >= 0.3 is 0 Å². The number of hydrogen-bond acceptors (Lipinski definition) is 5. The van der Waals surface area contributed by atoms with E-state index in [1.165, 1.54) is 6.20 Å². The normalized spacial score (nSPS) is 19.1. The minimum atomic E-state index is -0.0756. The third-order valence-corrected chi connectivity index (χ3v) is 3.96. The standard InChI is InChI=1S/C17H20N4O2.2ClH/c1-12-10-18-6-5-15(12)21-17(22)13-3-2-4-14(9-13)23-16-11-19-7-8-20-16;;/h2-4,7-9,11-12,15,18H,5-6,10H2,1H3,(H,21,22);2*1H. The lowest BCUT2D eigenvalue weighted by atomic mass is 9.95. The molecule has 0 spiro atoms. The Morgan fingerprint density at radius 1 is 1.32 bits per heavy atom. The molecule has 2 heterocycles. The zero-order valence-electron chi connectivity index (χ0n) is 13.8. The SMILES string of the molecule is CC1CNCCC1NC(=O)c1cccc(Oc2cnccn2)c1.Cl.Cl. The lowest BCUT2D eigenvalue weighted by Crippen LogP contribution is -2.48. The smallest absolute Gasteiger partial charge is 0.251 e. The second-order valence-electron chi connectivity index (χ2n) is 5.72. The summed E-state index contributed by atoms with van der Waals surface area (Å²) >= 11 is 0. The third kappa shape index (κ3) is 5.85. The van der Waals surface area contributed by atoms with Crippen molar-refractivity contribution in [2.75, 3.05) is 13.1 Å². The van der Waals surface area contributed by atoms with Crippen LogP contribution in [0.2, 0.25) is 0 Å². The highest BCUT2D eigenvalue weighted by molar-refractivity contribution is 5.94. The fourth-order valence-corrected chi connectivity index (χ4v) is 2.64. The number of amides is 1. The highest BCUT2D eigenvalue weighted by Crippen LogP contribution is 2.20. The van der Waals surface area contributed by atoms with Crippen LogP contribution in [0, 0.1) is 5.92 Å². The van der Waals surface area contributed by atoms with Gasteiger partial charge in [-0.1, -0.05) is 13.0 Å². The van der Waals surface area contributed by atoms with E-state index in [2.05, 4.69) is 27.5 Å². The van der Waals surface area contributed by atoms with E-state index in [4.69, 9.17) is 4.74 Å². The van der Waals surface area contributed by atoms with Crippen molar-refractivity contribution in [1.82, 2.24) is 20.6 Å². The van der Waals surface area contributed by atoms with Crippen molar-refractivity contribution in [3.8, 4) is 11.6 Å². The molecule has 0 bridgehead atoms. The van der Waals surface area contributed by atoms with E-state index in [-0.39, 0.29) is 36.8 Å². The molecule has 1 amide bonds. The maximum atomic E-state index is 12.4. The molecule has 2 N–H and O–H groups in total. The first-order valence-electron chi connectivity index (χ1n) is 7.78. The van der Waals surface area contributed by atoms with E-state index in [0.717, 1.165) is 19.5 Å². The number of piperidine rings is 1. The number of aromatic nitrogens is 2. The lowest BCUT2D eigenvalue weighted by Gasteiger charge is -2.30. The first-order chi connectivity index (χ1) is 11.2. The quantitative estimate of drug-likeness (QED) is 0.847. The molecular weight excluding hydrogens is 363 g/mol. The van der Waals surface area contributed by atoms with Gasteiger partial charge < -0.3 is 15.4 Å². The van der Waals surface area contributed by atoms with E-state index in [9.17, 15) is 4.79 Å². The summed E-state index contributed by atoms with van der Waals surface area (Å²) in [5.74, 6) is 1.31. The second-order valence-corrected chi connectivity index (χ2v) is 5.72. The molecule has 2 unspecified atom stereocenters. The minimum absolute atomic E-state index is 0. The molecule has 1 aromatic carbocycles. The zero-order valence-corrected chi connectivity index (χ0v) is 15.5. The summed E-state index contributed by atoms with van der Waals surface area (Å²) in [7, 11) is 0. The number of hydrogen-bond donors (Lipinski definition) is 2. The average molecular weight is 385 g/mol. The van der Waals surface area contributed by atoms with Gasteiger partial charge in [0.05, 0.1) is 6.20 Å². The Hall–Kier alpha value is -1.89. The van der Waals surface area contributed by atoms with E-state index < -0.39 is 0 Å². The van der Waals surface area contributed by atoms with Gasteiger partial charge in [-0.05, 0) is 43.6 Å². The maximum Gasteiger partial charge on any atom is 0.251 e. The summed E-state index contributed by atoms with van der Waals surface area (Å²) in [6.07, 6.45) is 5.62. The van der Waals surface area contributed by atoms with Gasteiger partial charge in [0, 0.05) is 24.0 Å². The fraction of sp³-hybridized carbons (Fsp3) is 0.353. The summed E-state index contributed by atoms with van der Waals surface area (Å²) in [5, 5.41) is 6.44. The Kier molecular flexibility index (Phi) is 8.61. The Morgan fingerprint density at radius 2 is 2.16 bits per heavy atom. The van der Waals surface area contributed by atoms with Gasteiger partial charge in [0.25, 0.3) is 5.91 Å². The first kappa shape index (κ1) is 21.2. The molecule has 8 heteroatoms. The number of carbonyl (C=O) groups is 1. The molecule has 136 valence electrons. The number of carbonyl (C=O) groups excluding carboxylic acids is 1. The molecule has 1 fully saturated rings. The molecule has 1 aromatic heterocycles. The van der Waals surface area contributed by atoms with Gasteiger partial charge in [-0.2, -0.15) is 0 Å². The summed E-state index contributed by atoms with van der Waals surface area (Å²) < 4.78 is 5.62. The van der Waals surface area contributed by atoms with Gasteiger partial charge in [-0.15, -0.1) is 24.8 Å². The molecule has 6 nitrogen and oxygen atoms in total. The highest BCUT2D eigenvalue weighted by atomic mass is 35.5. The van der Waals surface area contributed by atoms with Crippen molar-refractivity contribution in [3.05, 3.63) is 48.4 Å². The minimum Gasteiger partial charge on any atom is -0.437 e. The first-order valence-corrected chi connectivity index (χ1v) is 7.78. The highest BCUT2D eigenvalue weighted by Gasteiger charge is 2.23. The van der Waals surface area contributed by atoms with Crippen LogP contribution in [-0.4, -0.2) is 35.0 Å². The molecule has 3 rings (SSSR count). The largest absolute Gasteiger partial charge is 0.437 e. The van der Waals surface area contributed by atoms with Crippen LogP contribution in [0.1, 0.15) is 23.7 Å². The molecule has 0 aliphatic carbocycles. The molecule has 1 saturated heterocycles. The van der Waals surface area contributed by atoms with Crippen molar-refractivity contribution in [3.63, 3.8) is 0 Å². The van der Waals surface area contributed by atoms with Gasteiger partial charge in [-0.25, -0.2) is 4.98 Å². The van der Waals surface area contributed by atoms with E-state index in [1.807, 2.05) is 0 Å². The van der Waals surface area contributed by atoms with Gasteiger partial charge in [0.2, 0.25) is 5.88 Å². The number of rotatable bonds is 4. The molecule has 25 heavy (non-hydrogen) atoms. The Morgan fingerprint density at radius 3 is 2.88 bits per heavy atom. The number of halogens is 2. The number of nitrogens with one attached hydrogen (secondary N) is 2. The van der Waals surface area contributed by atoms with Crippen LogP contribution < -0.4 is 15.4 Å².